The minimum atomic E-state index is -1.96. The number of carbonyl (C=O) groups is 1. The Morgan fingerprint density at radius 1 is 1.31 bits per heavy atom. The van der Waals surface area contributed by atoms with E-state index in [0.29, 0.717) is 10.4 Å². The highest BCUT2D eigenvalue weighted by atomic mass is 32.3. The van der Waals surface area contributed by atoms with Gasteiger partial charge in [0.2, 0.25) is 0 Å². The summed E-state index contributed by atoms with van der Waals surface area (Å²) in [6.45, 7) is 5.51. The van der Waals surface area contributed by atoms with Gasteiger partial charge in [-0.05, 0) is 47.7 Å². The quantitative estimate of drug-likeness (QED) is 0.246. The van der Waals surface area contributed by atoms with E-state index < -0.39 is 16.1 Å². The Bertz CT molecular complexity index is 802. The minimum absolute atomic E-state index is 0.139. The SMILES string of the molecule is C=CC=C1/C(=C\C)S1(C)N(F)N(C)C(=O)/C(S)=C\c1ccc(OC)cc1. The number of halogens is 1. The maximum absolute atomic E-state index is 15.0. The topological polar surface area (TPSA) is 32.8 Å². The Balaban J connectivity index is 2.19. The van der Waals surface area contributed by atoms with E-state index in [1.807, 2.05) is 13.0 Å². The molecule has 1 heterocycles. The van der Waals surface area contributed by atoms with Gasteiger partial charge in [-0.2, -0.15) is 0 Å². The van der Waals surface area contributed by atoms with E-state index in [4.69, 9.17) is 4.74 Å². The summed E-state index contributed by atoms with van der Waals surface area (Å²) in [6, 6.07) is 7.16. The molecular formula is C19H23FN2O2S2. The summed E-state index contributed by atoms with van der Waals surface area (Å²) in [6.07, 6.45) is 8.67. The van der Waals surface area contributed by atoms with Crippen molar-refractivity contribution in [1.82, 2.24) is 9.65 Å². The van der Waals surface area contributed by atoms with Gasteiger partial charge in [0.25, 0.3) is 5.91 Å². The average Bonchev–Trinajstić information content (AvgIpc) is 3.24. The van der Waals surface area contributed by atoms with E-state index in [1.165, 1.54) is 7.05 Å². The van der Waals surface area contributed by atoms with Crippen LogP contribution in [0, 0.1) is 0 Å². The monoisotopic (exact) mass is 394 g/mol. The van der Waals surface area contributed by atoms with Crippen molar-refractivity contribution in [1.29, 1.82) is 0 Å². The number of rotatable bonds is 6. The molecule has 1 unspecified atom stereocenters. The molecule has 1 saturated heterocycles. The normalized spacial score (nSPS) is 25.1. The second kappa shape index (κ2) is 8.16. The summed E-state index contributed by atoms with van der Waals surface area (Å²) in [4.78, 5) is 14.5. The van der Waals surface area contributed by atoms with Crippen molar-refractivity contribution in [3.05, 3.63) is 69.4 Å². The fourth-order valence-corrected chi connectivity index (χ4v) is 5.78. The predicted octanol–water partition coefficient (Wildman–Crippen LogP) is 4.86. The number of allylic oxidation sites excluding steroid dienone is 3. The summed E-state index contributed by atoms with van der Waals surface area (Å²) >= 11 is 4.25. The Hall–Kier alpha value is -1.96. The third-order valence-electron chi connectivity index (χ3n) is 4.06. The zero-order valence-corrected chi connectivity index (χ0v) is 17.0. The molecule has 1 aliphatic rings. The number of nitrogens with zero attached hydrogens (tertiary/aromatic N) is 2. The molecule has 0 bridgehead atoms. The van der Waals surface area contributed by atoms with Crippen molar-refractivity contribution in [3.63, 3.8) is 0 Å². The van der Waals surface area contributed by atoms with Gasteiger partial charge in [-0.15, -0.1) is 17.1 Å². The van der Waals surface area contributed by atoms with Crippen molar-refractivity contribution >= 4 is 34.8 Å². The van der Waals surface area contributed by atoms with Gasteiger partial charge in [0.05, 0.1) is 12.0 Å². The van der Waals surface area contributed by atoms with Gasteiger partial charge in [0, 0.05) is 16.9 Å². The highest BCUT2D eigenvalue weighted by Gasteiger charge is 2.53. The summed E-state index contributed by atoms with van der Waals surface area (Å²) < 4.78 is 20.6. The third-order valence-corrected chi connectivity index (χ3v) is 7.55. The summed E-state index contributed by atoms with van der Waals surface area (Å²) in [7, 11) is 1.02. The lowest BCUT2D eigenvalue weighted by Gasteiger charge is -2.30. The molecule has 4 nitrogen and oxygen atoms in total. The van der Waals surface area contributed by atoms with E-state index in [1.54, 1.807) is 55.9 Å². The van der Waals surface area contributed by atoms with Gasteiger partial charge in [-0.25, -0.2) is 5.01 Å². The molecule has 0 aromatic heterocycles. The van der Waals surface area contributed by atoms with Gasteiger partial charge >= 0.3 is 0 Å². The average molecular weight is 395 g/mol. The molecule has 1 atom stereocenters. The zero-order valence-electron chi connectivity index (χ0n) is 15.3. The van der Waals surface area contributed by atoms with Crippen LogP contribution in [0.5, 0.6) is 5.75 Å². The molecule has 1 aromatic rings. The molecule has 1 amide bonds. The van der Waals surface area contributed by atoms with Gasteiger partial charge in [0.15, 0.2) is 0 Å². The van der Waals surface area contributed by atoms with E-state index in [-0.39, 0.29) is 4.91 Å². The molecular weight excluding hydrogens is 371 g/mol. The molecule has 2 rings (SSSR count). The Morgan fingerprint density at radius 3 is 2.42 bits per heavy atom. The number of hydrazine groups is 1. The van der Waals surface area contributed by atoms with E-state index in [2.05, 4.69) is 19.2 Å². The third kappa shape index (κ3) is 3.75. The van der Waals surface area contributed by atoms with Crippen LogP contribution < -0.4 is 4.74 Å². The van der Waals surface area contributed by atoms with Crippen molar-refractivity contribution in [2.24, 2.45) is 0 Å². The first kappa shape index (κ1) is 20.4. The molecule has 140 valence electrons. The largest absolute Gasteiger partial charge is 0.497 e. The molecule has 0 spiro atoms. The predicted molar refractivity (Wildman–Crippen MR) is 111 cm³/mol. The molecule has 7 heteroatoms. The summed E-state index contributed by atoms with van der Waals surface area (Å²) in [5.41, 5.74) is 0.773. The van der Waals surface area contributed by atoms with Gasteiger partial charge in [-0.3, -0.25) is 4.79 Å². The first-order chi connectivity index (χ1) is 12.3. The number of benzene rings is 1. The van der Waals surface area contributed by atoms with Gasteiger partial charge < -0.3 is 4.74 Å². The standard InChI is InChI=1S/C19H23FN2O2S2/c1-6-8-18-17(7-2)26(18,5)22(20)21(3)19(23)16(25)13-14-9-11-15(24-4)12-10-14/h6-13,25H,1H2,2-5H3/b16-13+,17-7+,18-8?. The Morgan fingerprint density at radius 2 is 1.92 bits per heavy atom. The van der Waals surface area contributed by atoms with Crippen LogP contribution in [0.4, 0.5) is 4.48 Å². The first-order valence-electron chi connectivity index (χ1n) is 7.87. The summed E-state index contributed by atoms with van der Waals surface area (Å²) in [5.74, 6) is 0.188. The van der Waals surface area contributed by atoms with Crippen LogP contribution >= 0.6 is 22.8 Å². The fraction of sp³-hybridized carbons (Fsp3) is 0.211. The molecule has 0 N–H and O–H groups in total. The highest BCUT2D eigenvalue weighted by molar-refractivity contribution is 8.45. The number of hydrogen-bond acceptors (Lipinski definition) is 4. The van der Waals surface area contributed by atoms with Crippen LogP contribution in [0.15, 0.2) is 63.8 Å². The fourth-order valence-electron chi connectivity index (χ4n) is 2.58. The first-order valence-corrected chi connectivity index (χ1v) is 10.3. The van der Waals surface area contributed by atoms with Crippen LogP contribution in [-0.2, 0) is 4.79 Å². The number of thiol groups is 1. The second-order valence-corrected chi connectivity index (χ2v) is 9.07. The highest BCUT2D eigenvalue weighted by Crippen LogP contribution is 2.81. The molecule has 0 aliphatic carbocycles. The second-order valence-electron chi connectivity index (χ2n) is 5.65. The number of hydrogen-bond donors (Lipinski definition) is 1. The molecule has 0 radical (unpaired) electrons. The van der Waals surface area contributed by atoms with E-state index in [9.17, 15) is 4.79 Å². The minimum Gasteiger partial charge on any atom is -0.497 e. The molecule has 1 aromatic carbocycles. The molecule has 1 aliphatic heterocycles. The number of ether oxygens (including phenoxy) is 1. The summed E-state index contributed by atoms with van der Waals surface area (Å²) in [5, 5.41) is 0.963. The van der Waals surface area contributed by atoms with Crippen molar-refractivity contribution in [2.45, 2.75) is 6.92 Å². The number of amides is 1. The van der Waals surface area contributed by atoms with Gasteiger partial charge in [0.1, 0.15) is 5.75 Å². The molecule has 1 fully saturated rings. The van der Waals surface area contributed by atoms with Gasteiger partial charge in [-0.1, -0.05) is 41.1 Å². The number of methoxy groups -OCH3 is 1. The molecule has 0 saturated carbocycles. The Kier molecular flexibility index (Phi) is 6.39. The lowest BCUT2D eigenvalue weighted by atomic mass is 10.2. The van der Waals surface area contributed by atoms with Crippen LogP contribution in [0.2, 0.25) is 0 Å². The Labute approximate surface area is 161 Å². The lowest BCUT2D eigenvalue weighted by molar-refractivity contribution is -0.147. The van der Waals surface area contributed by atoms with Crippen LogP contribution in [0.25, 0.3) is 6.08 Å². The van der Waals surface area contributed by atoms with Crippen LogP contribution in [0.3, 0.4) is 0 Å². The number of carbonyl (C=O) groups excluding carboxylic acids is 1. The van der Waals surface area contributed by atoms with E-state index >= 15 is 4.48 Å². The van der Waals surface area contributed by atoms with Crippen molar-refractivity contribution < 1.29 is 14.0 Å². The zero-order chi connectivity index (χ0) is 19.5. The maximum atomic E-state index is 15.0. The molecule has 26 heavy (non-hydrogen) atoms. The number of likely N-dealkylation sites (N-methyl/N-ethyl adjacent to an activating group) is 1. The smallest absolute Gasteiger partial charge is 0.276 e. The van der Waals surface area contributed by atoms with Crippen molar-refractivity contribution in [2.75, 3.05) is 20.4 Å². The lowest BCUT2D eigenvalue weighted by Crippen LogP contribution is -2.37. The van der Waals surface area contributed by atoms with Crippen LogP contribution in [0.1, 0.15) is 12.5 Å². The maximum Gasteiger partial charge on any atom is 0.276 e. The van der Waals surface area contributed by atoms with Crippen molar-refractivity contribution in [3.8, 4) is 5.75 Å². The van der Waals surface area contributed by atoms with Crippen LogP contribution in [-0.4, -0.2) is 36.0 Å². The van der Waals surface area contributed by atoms with E-state index in [0.717, 1.165) is 20.4 Å².